The van der Waals surface area contributed by atoms with Crippen molar-refractivity contribution in [1.29, 1.82) is 0 Å². The third kappa shape index (κ3) is 2.82. The van der Waals surface area contributed by atoms with E-state index in [1.54, 1.807) is 7.11 Å². The molecule has 1 N–H and O–H groups in total. The Morgan fingerprint density at radius 2 is 1.88 bits per heavy atom. The third-order valence-corrected chi connectivity index (χ3v) is 5.18. The van der Waals surface area contributed by atoms with Crippen molar-refractivity contribution in [2.45, 2.75) is 12.1 Å². The predicted molar refractivity (Wildman–Crippen MR) is 106 cm³/mol. The van der Waals surface area contributed by atoms with Crippen molar-refractivity contribution in [3.8, 4) is 11.4 Å². The van der Waals surface area contributed by atoms with Gasteiger partial charge in [0.15, 0.2) is 5.11 Å². The number of nitrogens with zero attached hydrogens (tertiary/aromatic N) is 3. The summed E-state index contributed by atoms with van der Waals surface area (Å²) in [7, 11) is 3.70. The first-order valence-electron chi connectivity index (χ1n) is 8.45. The average Bonchev–Trinajstić information content (AvgIpc) is 3.27. The van der Waals surface area contributed by atoms with E-state index in [9.17, 15) is 0 Å². The van der Waals surface area contributed by atoms with Gasteiger partial charge in [0.25, 0.3) is 0 Å². The van der Waals surface area contributed by atoms with Crippen molar-refractivity contribution in [3.63, 3.8) is 0 Å². The fraction of sp³-hybridized carbons (Fsp3) is 0.200. The van der Waals surface area contributed by atoms with E-state index in [-0.39, 0.29) is 12.1 Å². The molecule has 4 rings (SSSR count). The summed E-state index contributed by atoms with van der Waals surface area (Å²) in [5.74, 6) is 0.842. The van der Waals surface area contributed by atoms with Crippen LogP contribution >= 0.6 is 12.2 Å². The topological polar surface area (TPSA) is 42.3 Å². The van der Waals surface area contributed by atoms with E-state index in [0.717, 1.165) is 27.9 Å². The first-order valence-corrected chi connectivity index (χ1v) is 8.86. The standard InChI is InChI=1S/C20H20N4OS/c1-23-19(18(22-20(23)26)16-6-3-4-12-21-16)17-7-5-13-24(17)14-8-10-15(25-2)11-9-14/h3-13,18-19H,1-2H3,(H,22,26)/t18-,19-/m1/s1. The summed E-state index contributed by atoms with van der Waals surface area (Å²) in [6.45, 7) is 0. The van der Waals surface area contributed by atoms with Gasteiger partial charge < -0.3 is 19.5 Å². The van der Waals surface area contributed by atoms with Crippen LogP contribution < -0.4 is 10.1 Å². The van der Waals surface area contributed by atoms with Crippen LogP contribution in [0.3, 0.4) is 0 Å². The molecule has 5 nitrogen and oxygen atoms in total. The molecule has 3 heterocycles. The summed E-state index contributed by atoms with van der Waals surface area (Å²) in [5, 5.41) is 4.15. The van der Waals surface area contributed by atoms with Gasteiger partial charge in [-0.15, -0.1) is 0 Å². The van der Waals surface area contributed by atoms with E-state index in [1.165, 1.54) is 0 Å². The third-order valence-electron chi connectivity index (χ3n) is 4.77. The zero-order valence-electron chi connectivity index (χ0n) is 14.7. The summed E-state index contributed by atoms with van der Waals surface area (Å²) in [5.41, 5.74) is 3.21. The summed E-state index contributed by atoms with van der Waals surface area (Å²) in [6.07, 6.45) is 3.89. The van der Waals surface area contributed by atoms with Gasteiger partial charge in [-0.25, -0.2) is 0 Å². The number of ether oxygens (including phenoxy) is 1. The van der Waals surface area contributed by atoms with Gasteiger partial charge in [-0.05, 0) is 60.7 Å². The summed E-state index contributed by atoms with van der Waals surface area (Å²) in [4.78, 5) is 6.64. The first kappa shape index (κ1) is 16.6. The molecule has 0 unspecified atom stereocenters. The molecule has 2 aromatic heterocycles. The average molecular weight is 364 g/mol. The van der Waals surface area contributed by atoms with Crippen LogP contribution in [0, 0.1) is 0 Å². The zero-order valence-corrected chi connectivity index (χ0v) is 15.5. The minimum atomic E-state index is 0.000554. The molecule has 132 valence electrons. The molecule has 1 aliphatic heterocycles. The van der Waals surface area contributed by atoms with Crippen LogP contribution in [0.15, 0.2) is 67.0 Å². The molecule has 1 fully saturated rings. The molecule has 1 aromatic carbocycles. The molecular weight excluding hydrogens is 344 g/mol. The van der Waals surface area contributed by atoms with Crippen LogP contribution in [0.25, 0.3) is 5.69 Å². The van der Waals surface area contributed by atoms with Crippen molar-refractivity contribution >= 4 is 17.3 Å². The van der Waals surface area contributed by atoms with Gasteiger partial charge in [0.2, 0.25) is 0 Å². The molecule has 0 saturated carbocycles. The number of nitrogens with one attached hydrogen (secondary N) is 1. The van der Waals surface area contributed by atoms with Gasteiger partial charge in [0, 0.05) is 30.8 Å². The minimum absolute atomic E-state index is 0.000554. The number of hydrogen-bond donors (Lipinski definition) is 1. The van der Waals surface area contributed by atoms with Crippen LogP contribution in [0.1, 0.15) is 23.5 Å². The number of methoxy groups -OCH3 is 1. The van der Waals surface area contributed by atoms with E-state index >= 15 is 0 Å². The Morgan fingerprint density at radius 1 is 1.08 bits per heavy atom. The van der Waals surface area contributed by atoms with E-state index in [0.29, 0.717) is 0 Å². The predicted octanol–water partition coefficient (Wildman–Crippen LogP) is 3.48. The Kier molecular flexibility index (Phi) is 4.34. The van der Waals surface area contributed by atoms with Crippen molar-refractivity contribution < 1.29 is 4.74 Å². The van der Waals surface area contributed by atoms with Gasteiger partial charge in [0.1, 0.15) is 5.75 Å². The SMILES string of the molecule is COc1ccc(-n2cccc2[C@@H]2[C@@H](c3ccccn3)NC(=S)N2C)cc1. The Bertz CT molecular complexity index is 907. The summed E-state index contributed by atoms with van der Waals surface area (Å²) < 4.78 is 7.46. The Balaban J connectivity index is 1.76. The summed E-state index contributed by atoms with van der Waals surface area (Å²) in [6, 6.07) is 18.3. The maximum atomic E-state index is 5.52. The zero-order chi connectivity index (χ0) is 18.1. The van der Waals surface area contributed by atoms with Crippen molar-refractivity contribution in [2.24, 2.45) is 0 Å². The molecule has 0 radical (unpaired) electrons. The van der Waals surface area contributed by atoms with Gasteiger partial charge in [-0.2, -0.15) is 0 Å². The smallest absolute Gasteiger partial charge is 0.169 e. The van der Waals surface area contributed by atoms with Crippen molar-refractivity contribution in [3.05, 3.63) is 78.4 Å². The monoisotopic (exact) mass is 364 g/mol. The normalized spacial score (nSPS) is 19.5. The molecule has 26 heavy (non-hydrogen) atoms. The van der Waals surface area contributed by atoms with Crippen molar-refractivity contribution in [1.82, 2.24) is 19.8 Å². The minimum Gasteiger partial charge on any atom is -0.497 e. The van der Waals surface area contributed by atoms with Crippen LogP contribution in [0.4, 0.5) is 0 Å². The Morgan fingerprint density at radius 3 is 2.58 bits per heavy atom. The lowest BCUT2D eigenvalue weighted by Crippen LogP contribution is -2.25. The maximum Gasteiger partial charge on any atom is 0.169 e. The second-order valence-corrected chi connectivity index (χ2v) is 6.63. The molecule has 1 aliphatic rings. The number of benzene rings is 1. The lowest BCUT2D eigenvalue weighted by molar-refractivity contribution is 0.357. The van der Waals surface area contributed by atoms with E-state index in [2.05, 4.69) is 50.2 Å². The number of aromatic nitrogens is 2. The lowest BCUT2D eigenvalue weighted by atomic mass is 10.0. The van der Waals surface area contributed by atoms with Gasteiger partial charge in [0.05, 0.1) is 24.9 Å². The number of rotatable bonds is 4. The van der Waals surface area contributed by atoms with E-state index in [1.807, 2.05) is 43.6 Å². The van der Waals surface area contributed by atoms with Crippen LogP contribution in [0.2, 0.25) is 0 Å². The molecule has 0 amide bonds. The van der Waals surface area contributed by atoms with Gasteiger partial charge in [-0.1, -0.05) is 6.07 Å². The van der Waals surface area contributed by atoms with Gasteiger partial charge in [-0.3, -0.25) is 4.98 Å². The number of likely N-dealkylation sites (N-methyl/N-ethyl adjacent to an activating group) is 1. The molecule has 1 saturated heterocycles. The fourth-order valence-corrected chi connectivity index (χ4v) is 3.68. The maximum absolute atomic E-state index is 5.52. The quantitative estimate of drug-likeness (QED) is 0.718. The number of hydrogen-bond acceptors (Lipinski definition) is 3. The van der Waals surface area contributed by atoms with Crippen LogP contribution in [-0.2, 0) is 0 Å². The Hall–Kier alpha value is -2.86. The summed E-state index contributed by atoms with van der Waals surface area (Å²) >= 11 is 5.52. The highest BCUT2D eigenvalue weighted by molar-refractivity contribution is 7.80. The molecule has 0 spiro atoms. The van der Waals surface area contributed by atoms with Gasteiger partial charge >= 0.3 is 0 Å². The first-order chi connectivity index (χ1) is 12.7. The van der Waals surface area contributed by atoms with Crippen molar-refractivity contribution in [2.75, 3.05) is 14.2 Å². The molecule has 6 heteroatoms. The fourth-order valence-electron chi connectivity index (χ4n) is 3.44. The second-order valence-electron chi connectivity index (χ2n) is 6.24. The number of thiocarbonyl (C=S) groups is 1. The highest BCUT2D eigenvalue weighted by Gasteiger charge is 2.39. The number of pyridine rings is 1. The van der Waals surface area contributed by atoms with E-state index < -0.39 is 0 Å². The molecule has 3 aromatic rings. The molecular formula is C20H20N4OS. The molecule has 0 aliphatic carbocycles. The lowest BCUT2D eigenvalue weighted by Gasteiger charge is -2.25. The van der Waals surface area contributed by atoms with Crippen LogP contribution in [-0.4, -0.2) is 33.7 Å². The molecule has 0 bridgehead atoms. The Labute approximate surface area is 158 Å². The second kappa shape index (κ2) is 6.80. The van der Waals surface area contributed by atoms with E-state index in [4.69, 9.17) is 17.0 Å². The highest BCUT2D eigenvalue weighted by Crippen LogP contribution is 2.38. The highest BCUT2D eigenvalue weighted by atomic mass is 32.1. The molecule has 2 atom stereocenters. The van der Waals surface area contributed by atoms with Crippen LogP contribution in [0.5, 0.6) is 5.75 Å². The largest absolute Gasteiger partial charge is 0.497 e.